The summed E-state index contributed by atoms with van der Waals surface area (Å²) in [5.41, 5.74) is 2.58. The molecular weight excluding hydrogens is 322 g/mol. The summed E-state index contributed by atoms with van der Waals surface area (Å²) in [5.74, 6) is 0.127. The number of rotatable bonds is 2. The van der Waals surface area contributed by atoms with E-state index in [0.717, 1.165) is 10.0 Å². The van der Waals surface area contributed by atoms with Crippen LogP contribution in [-0.2, 0) is 4.74 Å². The van der Waals surface area contributed by atoms with Crippen LogP contribution in [0.5, 0.6) is 0 Å². The fourth-order valence-electron chi connectivity index (χ4n) is 1.92. The number of methoxy groups -OCH3 is 1. The molecule has 0 saturated heterocycles. The summed E-state index contributed by atoms with van der Waals surface area (Å²) in [4.78, 5) is 15.9. The smallest absolute Gasteiger partial charge is 0.337 e. The lowest BCUT2D eigenvalue weighted by Gasteiger charge is -1.96. The molecule has 3 aromatic rings. The Bertz CT molecular complexity index is 795. The van der Waals surface area contributed by atoms with Crippen molar-refractivity contribution in [2.75, 3.05) is 7.11 Å². The molecule has 0 aliphatic carbocycles. The number of oxazole rings is 1. The zero-order valence-electron chi connectivity index (χ0n) is 10.6. The van der Waals surface area contributed by atoms with Crippen LogP contribution in [-0.4, -0.2) is 18.1 Å². The van der Waals surface area contributed by atoms with Gasteiger partial charge in [-0.2, -0.15) is 0 Å². The van der Waals surface area contributed by atoms with Gasteiger partial charge in [0.25, 0.3) is 0 Å². The highest BCUT2D eigenvalue weighted by Gasteiger charge is 2.12. The molecule has 0 N–H and O–H groups in total. The van der Waals surface area contributed by atoms with Crippen molar-refractivity contribution in [1.82, 2.24) is 4.98 Å². The van der Waals surface area contributed by atoms with Crippen LogP contribution in [0.2, 0.25) is 0 Å². The van der Waals surface area contributed by atoms with E-state index in [1.54, 1.807) is 18.2 Å². The van der Waals surface area contributed by atoms with Crippen LogP contribution >= 0.6 is 15.9 Å². The van der Waals surface area contributed by atoms with Crippen LogP contribution in [0.1, 0.15) is 10.4 Å². The first kappa shape index (κ1) is 12.9. The number of esters is 1. The molecule has 3 rings (SSSR count). The lowest BCUT2D eigenvalue weighted by atomic mass is 10.2. The number of nitrogens with zero attached hydrogens (tertiary/aromatic N) is 1. The summed E-state index contributed by atoms with van der Waals surface area (Å²) >= 11 is 3.41. The second-order valence-corrected chi connectivity index (χ2v) is 5.12. The van der Waals surface area contributed by atoms with E-state index in [-0.39, 0.29) is 5.97 Å². The Balaban J connectivity index is 2.09. The van der Waals surface area contributed by atoms with Crippen molar-refractivity contribution in [2.24, 2.45) is 0 Å². The number of carbonyl (C=O) groups excluding carboxylic acids is 1. The third-order valence-corrected chi connectivity index (χ3v) is 3.37. The van der Waals surface area contributed by atoms with Crippen molar-refractivity contribution in [3.05, 3.63) is 52.5 Å². The van der Waals surface area contributed by atoms with Gasteiger partial charge in [0.2, 0.25) is 5.89 Å². The topological polar surface area (TPSA) is 52.3 Å². The average molecular weight is 332 g/mol. The normalized spacial score (nSPS) is 10.7. The maximum absolute atomic E-state index is 11.5. The molecule has 1 aromatic heterocycles. The molecule has 0 saturated carbocycles. The highest BCUT2D eigenvalue weighted by Crippen LogP contribution is 2.26. The fraction of sp³-hybridized carbons (Fsp3) is 0.0667. The van der Waals surface area contributed by atoms with E-state index in [9.17, 15) is 4.79 Å². The van der Waals surface area contributed by atoms with Crippen molar-refractivity contribution in [1.29, 1.82) is 0 Å². The van der Waals surface area contributed by atoms with Crippen LogP contribution in [0, 0.1) is 0 Å². The summed E-state index contributed by atoms with van der Waals surface area (Å²) in [6, 6.07) is 12.7. The highest BCUT2D eigenvalue weighted by molar-refractivity contribution is 9.10. The van der Waals surface area contributed by atoms with E-state index in [1.165, 1.54) is 7.11 Å². The molecule has 0 spiro atoms. The van der Waals surface area contributed by atoms with Crippen molar-refractivity contribution in [3.63, 3.8) is 0 Å². The van der Waals surface area contributed by atoms with Crippen molar-refractivity contribution in [3.8, 4) is 11.5 Å². The molecule has 0 fully saturated rings. The molecule has 0 radical (unpaired) electrons. The third kappa shape index (κ3) is 2.32. The van der Waals surface area contributed by atoms with E-state index < -0.39 is 0 Å². The minimum absolute atomic E-state index is 0.390. The van der Waals surface area contributed by atoms with E-state index in [4.69, 9.17) is 4.42 Å². The minimum atomic E-state index is -0.390. The van der Waals surface area contributed by atoms with Gasteiger partial charge in [-0.25, -0.2) is 9.78 Å². The summed E-state index contributed by atoms with van der Waals surface area (Å²) in [7, 11) is 1.35. The quantitative estimate of drug-likeness (QED) is 0.665. The molecule has 100 valence electrons. The first-order chi connectivity index (χ1) is 9.67. The molecule has 1 heterocycles. The number of fused-ring (bicyclic) bond motifs is 1. The average Bonchev–Trinajstić information content (AvgIpc) is 2.89. The van der Waals surface area contributed by atoms with Gasteiger partial charge >= 0.3 is 5.97 Å². The molecule has 0 aliphatic rings. The molecule has 2 aromatic carbocycles. The Kier molecular flexibility index (Phi) is 3.28. The molecule has 0 aliphatic heterocycles. The molecule has 5 heteroatoms. The number of benzene rings is 2. The Hall–Kier alpha value is -2.14. The number of hydrogen-bond donors (Lipinski definition) is 0. The van der Waals surface area contributed by atoms with Crippen LogP contribution < -0.4 is 0 Å². The Morgan fingerprint density at radius 3 is 2.85 bits per heavy atom. The summed E-state index contributed by atoms with van der Waals surface area (Å²) in [6.45, 7) is 0. The van der Waals surface area contributed by atoms with Crippen LogP contribution in [0.4, 0.5) is 0 Å². The monoisotopic (exact) mass is 331 g/mol. The molecule has 4 nitrogen and oxygen atoms in total. The number of hydrogen-bond acceptors (Lipinski definition) is 4. The number of halogens is 1. The van der Waals surface area contributed by atoms with Crippen molar-refractivity contribution in [2.45, 2.75) is 0 Å². The summed E-state index contributed by atoms with van der Waals surface area (Å²) in [6.07, 6.45) is 0. The van der Waals surface area contributed by atoms with Gasteiger partial charge in [0.1, 0.15) is 5.52 Å². The van der Waals surface area contributed by atoms with Gasteiger partial charge < -0.3 is 9.15 Å². The zero-order valence-corrected chi connectivity index (χ0v) is 12.2. The molecule has 0 bridgehead atoms. The Labute approximate surface area is 123 Å². The second-order valence-electron chi connectivity index (χ2n) is 4.20. The van der Waals surface area contributed by atoms with Crippen LogP contribution in [0.15, 0.2) is 51.4 Å². The lowest BCUT2D eigenvalue weighted by molar-refractivity contribution is 0.0601. The van der Waals surface area contributed by atoms with E-state index in [0.29, 0.717) is 22.6 Å². The van der Waals surface area contributed by atoms with Gasteiger partial charge in [-0.1, -0.05) is 22.0 Å². The number of aromatic nitrogens is 1. The zero-order chi connectivity index (χ0) is 14.1. The Morgan fingerprint density at radius 1 is 1.25 bits per heavy atom. The van der Waals surface area contributed by atoms with Gasteiger partial charge in [-0.05, 0) is 36.4 Å². The third-order valence-electron chi connectivity index (χ3n) is 2.88. The maximum atomic E-state index is 11.5. The molecule has 20 heavy (non-hydrogen) atoms. The second kappa shape index (κ2) is 5.09. The van der Waals surface area contributed by atoms with Gasteiger partial charge in [-0.3, -0.25) is 0 Å². The van der Waals surface area contributed by atoms with Gasteiger partial charge in [-0.15, -0.1) is 0 Å². The van der Waals surface area contributed by atoms with Gasteiger partial charge in [0.05, 0.1) is 12.7 Å². The van der Waals surface area contributed by atoms with Crippen molar-refractivity contribution >= 4 is 33.0 Å². The van der Waals surface area contributed by atoms with Gasteiger partial charge in [0, 0.05) is 10.0 Å². The molecule has 0 atom stereocenters. The lowest BCUT2D eigenvalue weighted by Crippen LogP contribution is -2.00. The minimum Gasteiger partial charge on any atom is -0.465 e. The van der Waals surface area contributed by atoms with E-state index in [1.807, 2.05) is 24.3 Å². The first-order valence-electron chi connectivity index (χ1n) is 5.92. The maximum Gasteiger partial charge on any atom is 0.337 e. The van der Waals surface area contributed by atoms with E-state index in [2.05, 4.69) is 25.7 Å². The SMILES string of the molecule is COC(=O)c1ccc2oc(-c3cccc(Br)c3)nc2c1. The molecular formula is C15H10BrNO3. The molecule has 0 amide bonds. The first-order valence-corrected chi connectivity index (χ1v) is 6.71. The fourth-order valence-corrected chi connectivity index (χ4v) is 2.32. The molecule has 0 unspecified atom stereocenters. The number of ether oxygens (including phenoxy) is 1. The van der Waals surface area contributed by atoms with E-state index >= 15 is 0 Å². The highest BCUT2D eigenvalue weighted by atomic mass is 79.9. The van der Waals surface area contributed by atoms with Gasteiger partial charge in [0.15, 0.2) is 5.58 Å². The standard InChI is InChI=1S/C15H10BrNO3/c1-19-15(18)10-5-6-13-12(8-10)17-14(20-13)9-3-2-4-11(16)7-9/h2-8H,1H3. The number of carbonyl (C=O) groups is 1. The van der Waals surface area contributed by atoms with Crippen LogP contribution in [0.3, 0.4) is 0 Å². The largest absolute Gasteiger partial charge is 0.465 e. The van der Waals surface area contributed by atoms with Crippen LogP contribution in [0.25, 0.3) is 22.6 Å². The predicted octanol–water partition coefficient (Wildman–Crippen LogP) is 4.04. The predicted molar refractivity (Wildman–Crippen MR) is 78.5 cm³/mol. The van der Waals surface area contributed by atoms with Crippen molar-refractivity contribution < 1.29 is 13.9 Å². The summed E-state index contributed by atoms with van der Waals surface area (Å²) in [5, 5.41) is 0. The Morgan fingerprint density at radius 2 is 2.10 bits per heavy atom. The summed E-state index contributed by atoms with van der Waals surface area (Å²) < 4.78 is 11.3.